The smallest absolute Gasteiger partial charge is 0.129 e. The standard InChI is InChI=1S/C17H15N3/c1-2-7-15(8-3-1)20-13-17-18-10-11-19(17)12-14-6-4-5-9-16(14)20/h1-11H,12-13H2. The lowest BCUT2D eigenvalue weighted by Crippen LogP contribution is -2.17. The highest BCUT2D eigenvalue weighted by Gasteiger charge is 2.20. The highest BCUT2D eigenvalue weighted by atomic mass is 15.2. The predicted molar refractivity (Wildman–Crippen MR) is 80.1 cm³/mol. The molecule has 1 aliphatic rings. The Labute approximate surface area is 118 Å². The van der Waals surface area contributed by atoms with Crippen molar-refractivity contribution >= 4 is 11.4 Å². The summed E-state index contributed by atoms with van der Waals surface area (Å²) in [5.41, 5.74) is 3.80. The molecule has 2 aromatic carbocycles. The average molecular weight is 261 g/mol. The molecule has 0 unspecified atom stereocenters. The molecule has 3 heteroatoms. The number of imidazole rings is 1. The summed E-state index contributed by atoms with van der Waals surface area (Å²) >= 11 is 0. The van der Waals surface area contributed by atoms with Gasteiger partial charge in [-0.05, 0) is 23.8 Å². The molecule has 3 aromatic rings. The summed E-state index contributed by atoms with van der Waals surface area (Å²) in [5.74, 6) is 1.10. The maximum atomic E-state index is 4.50. The van der Waals surface area contributed by atoms with Gasteiger partial charge in [0.2, 0.25) is 0 Å². The van der Waals surface area contributed by atoms with E-state index in [1.807, 2.05) is 12.3 Å². The molecule has 0 N–H and O–H groups in total. The topological polar surface area (TPSA) is 21.1 Å². The van der Waals surface area contributed by atoms with Crippen molar-refractivity contribution < 1.29 is 0 Å². The van der Waals surface area contributed by atoms with Crippen LogP contribution in [0.15, 0.2) is 67.0 Å². The second-order valence-electron chi connectivity index (χ2n) is 5.02. The minimum absolute atomic E-state index is 0.800. The van der Waals surface area contributed by atoms with Gasteiger partial charge in [-0.1, -0.05) is 36.4 Å². The van der Waals surface area contributed by atoms with E-state index in [-0.39, 0.29) is 0 Å². The van der Waals surface area contributed by atoms with Gasteiger partial charge in [0.25, 0.3) is 0 Å². The van der Waals surface area contributed by atoms with E-state index in [2.05, 4.69) is 69.2 Å². The highest BCUT2D eigenvalue weighted by molar-refractivity contribution is 5.67. The summed E-state index contributed by atoms with van der Waals surface area (Å²) in [7, 11) is 0. The first kappa shape index (κ1) is 11.3. The van der Waals surface area contributed by atoms with E-state index in [1.165, 1.54) is 16.9 Å². The number of aromatic nitrogens is 2. The van der Waals surface area contributed by atoms with Crippen molar-refractivity contribution in [2.45, 2.75) is 13.1 Å². The minimum Gasteiger partial charge on any atom is -0.334 e. The first-order valence-corrected chi connectivity index (χ1v) is 6.82. The zero-order valence-corrected chi connectivity index (χ0v) is 11.1. The molecule has 20 heavy (non-hydrogen) atoms. The average Bonchev–Trinajstić information content (AvgIpc) is 2.87. The number of anilines is 2. The van der Waals surface area contributed by atoms with Gasteiger partial charge in [-0.2, -0.15) is 0 Å². The fraction of sp³-hybridized carbons (Fsp3) is 0.118. The van der Waals surface area contributed by atoms with Gasteiger partial charge in [0.05, 0.1) is 13.1 Å². The molecule has 0 aliphatic carbocycles. The highest BCUT2D eigenvalue weighted by Crippen LogP contribution is 2.32. The van der Waals surface area contributed by atoms with Crippen LogP contribution in [0.1, 0.15) is 11.4 Å². The molecule has 0 amide bonds. The third-order valence-electron chi connectivity index (χ3n) is 3.79. The van der Waals surface area contributed by atoms with Crippen LogP contribution in [0.5, 0.6) is 0 Å². The number of nitrogens with zero attached hydrogens (tertiary/aromatic N) is 3. The normalized spacial score (nSPS) is 13.5. The number of hydrogen-bond acceptors (Lipinski definition) is 2. The molecule has 3 nitrogen and oxygen atoms in total. The second-order valence-corrected chi connectivity index (χ2v) is 5.02. The molecule has 2 heterocycles. The number of rotatable bonds is 1. The van der Waals surface area contributed by atoms with E-state index in [4.69, 9.17) is 0 Å². The zero-order valence-electron chi connectivity index (χ0n) is 11.1. The molecule has 0 radical (unpaired) electrons. The van der Waals surface area contributed by atoms with Crippen LogP contribution in [0.2, 0.25) is 0 Å². The third-order valence-corrected chi connectivity index (χ3v) is 3.79. The summed E-state index contributed by atoms with van der Waals surface area (Å²) < 4.78 is 2.22. The van der Waals surface area contributed by atoms with Crippen molar-refractivity contribution in [2.24, 2.45) is 0 Å². The quantitative estimate of drug-likeness (QED) is 0.667. The van der Waals surface area contributed by atoms with E-state index in [0.717, 1.165) is 18.9 Å². The molecule has 98 valence electrons. The Balaban J connectivity index is 1.90. The maximum absolute atomic E-state index is 4.50. The maximum Gasteiger partial charge on any atom is 0.129 e. The Hall–Kier alpha value is -2.55. The van der Waals surface area contributed by atoms with Crippen LogP contribution in [-0.2, 0) is 13.1 Å². The molecule has 4 rings (SSSR count). The summed E-state index contributed by atoms with van der Waals surface area (Å²) in [6.45, 7) is 1.68. The lowest BCUT2D eigenvalue weighted by atomic mass is 10.1. The van der Waals surface area contributed by atoms with E-state index in [0.29, 0.717) is 0 Å². The number of para-hydroxylation sites is 2. The Kier molecular flexibility index (Phi) is 2.56. The summed E-state index contributed by atoms with van der Waals surface area (Å²) in [4.78, 5) is 6.83. The lowest BCUT2D eigenvalue weighted by Gasteiger charge is -2.24. The molecule has 0 saturated heterocycles. The van der Waals surface area contributed by atoms with Crippen molar-refractivity contribution in [3.8, 4) is 0 Å². The van der Waals surface area contributed by atoms with Crippen LogP contribution in [0.25, 0.3) is 0 Å². The van der Waals surface area contributed by atoms with Gasteiger partial charge in [0.15, 0.2) is 0 Å². The second kappa shape index (κ2) is 4.53. The molecule has 1 aliphatic heterocycles. The third kappa shape index (κ3) is 1.79. The van der Waals surface area contributed by atoms with Crippen LogP contribution >= 0.6 is 0 Å². The van der Waals surface area contributed by atoms with Crippen LogP contribution in [0.3, 0.4) is 0 Å². The molecule has 0 saturated carbocycles. The van der Waals surface area contributed by atoms with Gasteiger partial charge in [-0.15, -0.1) is 0 Å². The van der Waals surface area contributed by atoms with Gasteiger partial charge in [0, 0.05) is 23.8 Å². The largest absolute Gasteiger partial charge is 0.334 e. The molecule has 0 spiro atoms. The van der Waals surface area contributed by atoms with E-state index in [9.17, 15) is 0 Å². The van der Waals surface area contributed by atoms with Crippen LogP contribution < -0.4 is 4.90 Å². The lowest BCUT2D eigenvalue weighted by molar-refractivity contribution is 0.743. The Morgan fingerprint density at radius 1 is 0.850 bits per heavy atom. The zero-order chi connectivity index (χ0) is 13.4. The van der Waals surface area contributed by atoms with Crippen molar-refractivity contribution in [3.05, 3.63) is 78.4 Å². The number of fused-ring (bicyclic) bond motifs is 2. The van der Waals surface area contributed by atoms with Crippen molar-refractivity contribution in [1.29, 1.82) is 0 Å². The molecule has 0 atom stereocenters. The van der Waals surface area contributed by atoms with Gasteiger partial charge < -0.3 is 9.47 Å². The van der Waals surface area contributed by atoms with Crippen molar-refractivity contribution in [2.75, 3.05) is 4.90 Å². The first-order valence-electron chi connectivity index (χ1n) is 6.82. The van der Waals surface area contributed by atoms with Crippen LogP contribution in [0, 0.1) is 0 Å². The summed E-state index contributed by atoms with van der Waals surface area (Å²) in [6, 6.07) is 19.1. The van der Waals surface area contributed by atoms with Gasteiger partial charge in [-0.25, -0.2) is 4.98 Å². The molecule has 0 bridgehead atoms. The monoisotopic (exact) mass is 261 g/mol. The van der Waals surface area contributed by atoms with E-state index >= 15 is 0 Å². The molecular weight excluding hydrogens is 246 g/mol. The predicted octanol–water partition coefficient (Wildman–Crippen LogP) is 3.58. The van der Waals surface area contributed by atoms with Crippen molar-refractivity contribution in [3.63, 3.8) is 0 Å². The van der Waals surface area contributed by atoms with Crippen LogP contribution in [-0.4, -0.2) is 9.55 Å². The van der Waals surface area contributed by atoms with Crippen molar-refractivity contribution in [1.82, 2.24) is 9.55 Å². The van der Waals surface area contributed by atoms with E-state index in [1.54, 1.807) is 0 Å². The summed E-state index contributed by atoms with van der Waals surface area (Å²) in [6.07, 6.45) is 3.94. The fourth-order valence-corrected chi connectivity index (χ4v) is 2.79. The Morgan fingerprint density at radius 3 is 2.55 bits per heavy atom. The fourth-order valence-electron chi connectivity index (χ4n) is 2.79. The molecule has 1 aromatic heterocycles. The van der Waals surface area contributed by atoms with Gasteiger partial charge >= 0.3 is 0 Å². The Bertz CT molecular complexity index is 731. The molecular formula is C17H15N3. The first-order chi connectivity index (χ1) is 9.92. The van der Waals surface area contributed by atoms with Gasteiger partial charge in [0.1, 0.15) is 5.82 Å². The summed E-state index contributed by atoms with van der Waals surface area (Å²) in [5, 5.41) is 0. The van der Waals surface area contributed by atoms with Crippen LogP contribution in [0.4, 0.5) is 11.4 Å². The number of hydrogen-bond donors (Lipinski definition) is 0. The van der Waals surface area contributed by atoms with E-state index < -0.39 is 0 Å². The minimum atomic E-state index is 0.800. The number of benzene rings is 2. The van der Waals surface area contributed by atoms with Gasteiger partial charge in [-0.3, -0.25) is 0 Å². The Morgan fingerprint density at radius 2 is 1.65 bits per heavy atom. The molecule has 0 fully saturated rings. The SMILES string of the molecule is c1ccc(N2Cc3nccn3Cc3ccccc32)cc1.